The number of ether oxygens (including phenoxy) is 1. The summed E-state index contributed by atoms with van der Waals surface area (Å²) < 4.78 is 5.09. The Balaban J connectivity index is 2.44. The van der Waals surface area contributed by atoms with Gasteiger partial charge in [0, 0.05) is 24.1 Å². The van der Waals surface area contributed by atoms with E-state index in [2.05, 4.69) is 17.2 Å². The van der Waals surface area contributed by atoms with Crippen LogP contribution in [0.15, 0.2) is 18.2 Å². The average molecular weight is 308 g/mol. The van der Waals surface area contributed by atoms with Gasteiger partial charge in [0.25, 0.3) is 0 Å². The van der Waals surface area contributed by atoms with Gasteiger partial charge in [0.1, 0.15) is 11.9 Å². The summed E-state index contributed by atoms with van der Waals surface area (Å²) in [6, 6.07) is 4.92. The molecule has 5 heteroatoms. The lowest BCUT2D eigenvalue weighted by Crippen LogP contribution is -2.32. The van der Waals surface area contributed by atoms with E-state index in [0.717, 1.165) is 6.29 Å². The van der Waals surface area contributed by atoms with Crippen molar-refractivity contribution in [2.45, 2.75) is 32.8 Å². The van der Waals surface area contributed by atoms with Gasteiger partial charge in [-0.2, -0.15) is 0 Å². The van der Waals surface area contributed by atoms with Crippen molar-refractivity contribution in [3.63, 3.8) is 0 Å². The first kappa shape index (κ1) is 17.1. The summed E-state index contributed by atoms with van der Waals surface area (Å²) in [4.78, 5) is 22.0. The number of amides is 1. The van der Waals surface area contributed by atoms with Gasteiger partial charge < -0.3 is 10.1 Å². The van der Waals surface area contributed by atoms with E-state index in [9.17, 15) is 9.59 Å². The van der Waals surface area contributed by atoms with Gasteiger partial charge in [-0.1, -0.05) is 29.5 Å². The van der Waals surface area contributed by atoms with Crippen LogP contribution in [0.25, 0.3) is 0 Å². The standard InChI is InChI=1S/C16H18ClNO3/c1-16(2,3)21-15(20)18-9-5-4-6-13-8-7-12(11-19)10-14(13)17/h7-8,10-11H,5,9H2,1-3H3,(H,18,20). The van der Waals surface area contributed by atoms with Crippen LogP contribution >= 0.6 is 11.6 Å². The van der Waals surface area contributed by atoms with Crippen LogP contribution in [0.5, 0.6) is 0 Å². The lowest BCUT2D eigenvalue weighted by molar-refractivity contribution is 0.0529. The van der Waals surface area contributed by atoms with Gasteiger partial charge >= 0.3 is 6.09 Å². The molecule has 0 spiro atoms. The Morgan fingerprint density at radius 3 is 2.71 bits per heavy atom. The fourth-order valence-electron chi connectivity index (χ4n) is 1.41. The fraction of sp³-hybridized carbons (Fsp3) is 0.375. The van der Waals surface area contributed by atoms with Crippen molar-refractivity contribution < 1.29 is 14.3 Å². The monoisotopic (exact) mass is 307 g/mol. The number of carbonyl (C=O) groups is 2. The first-order valence-electron chi connectivity index (χ1n) is 6.52. The molecule has 21 heavy (non-hydrogen) atoms. The second-order valence-corrected chi connectivity index (χ2v) is 5.74. The van der Waals surface area contributed by atoms with Gasteiger partial charge in [-0.05, 0) is 32.9 Å². The molecular formula is C16H18ClNO3. The molecule has 0 aromatic heterocycles. The number of aldehydes is 1. The maximum atomic E-state index is 11.4. The Labute approximate surface area is 129 Å². The Morgan fingerprint density at radius 1 is 1.43 bits per heavy atom. The average Bonchev–Trinajstić information content (AvgIpc) is 2.37. The summed E-state index contributed by atoms with van der Waals surface area (Å²) in [6.45, 7) is 5.80. The first-order valence-corrected chi connectivity index (χ1v) is 6.90. The van der Waals surface area contributed by atoms with Crippen molar-refractivity contribution in [3.05, 3.63) is 34.3 Å². The Morgan fingerprint density at radius 2 is 2.14 bits per heavy atom. The summed E-state index contributed by atoms with van der Waals surface area (Å²) in [5.41, 5.74) is 0.653. The zero-order valence-corrected chi connectivity index (χ0v) is 13.1. The van der Waals surface area contributed by atoms with Gasteiger partial charge in [0.05, 0.1) is 5.02 Å². The van der Waals surface area contributed by atoms with Crippen LogP contribution in [0.3, 0.4) is 0 Å². The summed E-state index contributed by atoms with van der Waals surface area (Å²) >= 11 is 5.99. The molecule has 1 aromatic carbocycles. The molecule has 0 unspecified atom stereocenters. The smallest absolute Gasteiger partial charge is 0.407 e. The highest BCUT2D eigenvalue weighted by atomic mass is 35.5. The first-order chi connectivity index (χ1) is 9.81. The van der Waals surface area contributed by atoms with Gasteiger partial charge in [-0.25, -0.2) is 4.79 Å². The molecule has 0 aliphatic rings. The molecule has 0 saturated heterocycles. The van der Waals surface area contributed by atoms with Crippen molar-refractivity contribution >= 4 is 24.0 Å². The molecule has 1 aromatic rings. The number of hydrogen-bond acceptors (Lipinski definition) is 3. The van der Waals surface area contributed by atoms with Crippen LogP contribution in [0.2, 0.25) is 5.02 Å². The van der Waals surface area contributed by atoms with Crippen molar-refractivity contribution in [3.8, 4) is 11.8 Å². The van der Waals surface area contributed by atoms with E-state index in [0.29, 0.717) is 29.1 Å². The van der Waals surface area contributed by atoms with Gasteiger partial charge in [0.2, 0.25) is 0 Å². The normalized spacial score (nSPS) is 10.3. The zero-order valence-electron chi connectivity index (χ0n) is 12.3. The molecule has 0 aliphatic heterocycles. The van der Waals surface area contributed by atoms with Crippen molar-refractivity contribution in [1.29, 1.82) is 0 Å². The number of hydrogen-bond donors (Lipinski definition) is 1. The van der Waals surface area contributed by atoms with Crippen molar-refractivity contribution in [1.82, 2.24) is 5.32 Å². The van der Waals surface area contributed by atoms with E-state index >= 15 is 0 Å². The third-order valence-corrected chi connectivity index (χ3v) is 2.58. The van der Waals surface area contributed by atoms with Gasteiger partial charge in [-0.3, -0.25) is 4.79 Å². The summed E-state index contributed by atoms with van der Waals surface area (Å²) in [6.07, 6.45) is 0.747. The predicted molar refractivity (Wildman–Crippen MR) is 82.6 cm³/mol. The largest absolute Gasteiger partial charge is 0.444 e. The molecule has 0 saturated carbocycles. The van der Waals surface area contributed by atoms with Gasteiger partial charge in [-0.15, -0.1) is 0 Å². The minimum absolute atomic E-state index is 0.395. The number of nitrogens with one attached hydrogen (secondary N) is 1. The number of rotatable bonds is 3. The minimum Gasteiger partial charge on any atom is -0.444 e. The van der Waals surface area contributed by atoms with Crippen LogP contribution in [0, 0.1) is 11.8 Å². The van der Waals surface area contributed by atoms with E-state index in [1.165, 1.54) is 0 Å². The van der Waals surface area contributed by atoms with E-state index in [1.54, 1.807) is 39.0 Å². The molecule has 112 valence electrons. The topological polar surface area (TPSA) is 55.4 Å². The highest BCUT2D eigenvalue weighted by Gasteiger charge is 2.15. The molecule has 0 bridgehead atoms. The molecule has 0 atom stereocenters. The van der Waals surface area contributed by atoms with E-state index < -0.39 is 11.7 Å². The number of alkyl carbamates (subject to hydrolysis) is 1. The molecule has 1 amide bonds. The quantitative estimate of drug-likeness (QED) is 0.529. The summed E-state index contributed by atoms with van der Waals surface area (Å²) in [5.74, 6) is 5.80. The minimum atomic E-state index is -0.510. The predicted octanol–water partition coefficient (Wildman–Crippen LogP) is 3.42. The van der Waals surface area contributed by atoms with Crippen LogP contribution in [-0.4, -0.2) is 24.5 Å². The highest BCUT2D eigenvalue weighted by molar-refractivity contribution is 6.32. The second kappa shape index (κ2) is 7.70. The van der Waals surface area contributed by atoms with Crippen LogP contribution in [-0.2, 0) is 4.74 Å². The highest BCUT2D eigenvalue weighted by Crippen LogP contribution is 2.15. The SMILES string of the molecule is CC(C)(C)OC(=O)NCCC#Cc1ccc(C=O)cc1Cl. The Hall–Kier alpha value is -1.99. The summed E-state index contributed by atoms with van der Waals surface area (Å²) in [5, 5.41) is 3.05. The summed E-state index contributed by atoms with van der Waals surface area (Å²) in [7, 11) is 0. The Bertz CT molecular complexity index is 579. The van der Waals surface area contributed by atoms with Crippen LogP contribution in [0.4, 0.5) is 4.79 Å². The maximum Gasteiger partial charge on any atom is 0.407 e. The number of halogens is 1. The Kier molecular flexibility index (Phi) is 6.26. The van der Waals surface area contributed by atoms with Gasteiger partial charge in [0.15, 0.2) is 0 Å². The second-order valence-electron chi connectivity index (χ2n) is 5.34. The van der Waals surface area contributed by atoms with E-state index in [-0.39, 0.29) is 0 Å². The number of benzene rings is 1. The molecular weight excluding hydrogens is 290 g/mol. The molecule has 1 N–H and O–H groups in total. The molecule has 0 heterocycles. The van der Waals surface area contributed by atoms with E-state index in [1.807, 2.05) is 0 Å². The maximum absolute atomic E-state index is 11.4. The third-order valence-electron chi connectivity index (χ3n) is 2.27. The fourth-order valence-corrected chi connectivity index (χ4v) is 1.64. The number of carbonyl (C=O) groups excluding carboxylic acids is 2. The van der Waals surface area contributed by atoms with Crippen molar-refractivity contribution in [2.75, 3.05) is 6.54 Å². The van der Waals surface area contributed by atoms with Crippen LogP contribution < -0.4 is 5.32 Å². The molecule has 0 aliphatic carbocycles. The molecule has 1 rings (SSSR count). The molecule has 0 fully saturated rings. The third kappa shape index (κ3) is 6.82. The lowest BCUT2D eigenvalue weighted by Gasteiger charge is -2.19. The van der Waals surface area contributed by atoms with E-state index in [4.69, 9.17) is 16.3 Å². The molecule has 0 radical (unpaired) electrons. The lowest BCUT2D eigenvalue weighted by atomic mass is 10.1. The van der Waals surface area contributed by atoms with Crippen LogP contribution in [0.1, 0.15) is 43.1 Å². The van der Waals surface area contributed by atoms with Crippen molar-refractivity contribution in [2.24, 2.45) is 0 Å². The zero-order chi connectivity index (χ0) is 15.9. The molecule has 4 nitrogen and oxygen atoms in total.